The van der Waals surface area contributed by atoms with Gasteiger partial charge in [0.2, 0.25) is 5.78 Å². The molecular weight excluding hydrogens is 388 g/mol. The van der Waals surface area contributed by atoms with E-state index in [1.54, 1.807) is 30.2 Å². The van der Waals surface area contributed by atoms with E-state index in [1.807, 2.05) is 0 Å². The first-order valence-electron chi connectivity index (χ1n) is 10.1. The van der Waals surface area contributed by atoms with Crippen molar-refractivity contribution in [2.45, 2.75) is 17.0 Å². The average molecular weight is 417 g/mol. The topological polar surface area (TPSA) is 55.2 Å². The molecule has 0 radical (unpaired) electrons. The number of ether oxygens (including phenoxy) is 2. The molecule has 0 amide bonds. The summed E-state index contributed by atoms with van der Waals surface area (Å²) in [5.41, 5.74) is 1.15. The van der Waals surface area contributed by atoms with Crippen molar-refractivity contribution < 1.29 is 18.7 Å². The lowest BCUT2D eigenvalue weighted by Crippen LogP contribution is -2.55. The molecule has 2 aliphatic rings. The van der Waals surface area contributed by atoms with Crippen molar-refractivity contribution in [3.05, 3.63) is 54.0 Å². The van der Waals surface area contributed by atoms with Gasteiger partial charge in [-0.25, -0.2) is 0 Å². The van der Waals surface area contributed by atoms with Gasteiger partial charge in [0.05, 0.1) is 44.8 Å². The van der Waals surface area contributed by atoms with Gasteiger partial charge in [-0.3, -0.25) is 14.6 Å². The number of ketones is 1. The van der Waals surface area contributed by atoms with E-state index in [-0.39, 0.29) is 17.9 Å². The zero-order chi connectivity index (χ0) is 20.1. The van der Waals surface area contributed by atoms with Crippen LogP contribution >= 0.6 is 11.8 Å². The second-order valence-electron chi connectivity index (χ2n) is 7.30. The van der Waals surface area contributed by atoms with E-state index in [0.717, 1.165) is 31.7 Å². The molecule has 2 fully saturated rings. The summed E-state index contributed by atoms with van der Waals surface area (Å²) in [6.07, 6.45) is 3.64. The van der Waals surface area contributed by atoms with Gasteiger partial charge in [-0.2, -0.15) is 0 Å². The van der Waals surface area contributed by atoms with Gasteiger partial charge in [-0.05, 0) is 36.1 Å². The largest absolute Gasteiger partial charge is 0.461 e. The molecule has 4 rings (SSSR count). The normalized spacial score (nSPS) is 21.0. The fourth-order valence-corrected chi connectivity index (χ4v) is 4.59. The summed E-state index contributed by atoms with van der Waals surface area (Å²) in [4.78, 5) is 19.5. The molecule has 2 aliphatic heterocycles. The van der Waals surface area contributed by atoms with E-state index in [2.05, 4.69) is 40.3 Å². The third-order valence-corrected chi connectivity index (χ3v) is 6.41. The fraction of sp³-hybridized carbons (Fsp3) is 0.500. The standard InChI is InChI=1S/C22H28N2O4S/c1-29-18-6-4-17(5-7-18)20(23-8-13-26-14-9-23)21(24-10-15-27-16-11-24)22(25)19-3-2-12-28-19/h2-7,12,20-21H,8-11,13-16H2,1H3/t20-,21+/m0/s1. The van der Waals surface area contributed by atoms with E-state index in [9.17, 15) is 4.79 Å². The Balaban J connectivity index is 1.74. The zero-order valence-corrected chi connectivity index (χ0v) is 17.6. The van der Waals surface area contributed by atoms with Gasteiger partial charge in [0.25, 0.3) is 0 Å². The molecule has 0 unspecified atom stereocenters. The lowest BCUT2D eigenvalue weighted by atomic mass is 9.91. The Morgan fingerprint density at radius 2 is 1.55 bits per heavy atom. The van der Waals surface area contributed by atoms with E-state index < -0.39 is 0 Å². The maximum atomic E-state index is 13.6. The van der Waals surface area contributed by atoms with E-state index in [4.69, 9.17) is 13.9 Å². The minimum Gasteiger partial charge on any atom is -0.461 e. The molecule has 0 bridgehead atoms. The average Bonchev–Trinajstić information content (AvgIpc) is 3.33. The molecular formula is C22H28N2O4S. The number of hydrogen-bond acceptors (Lipinski definition) is 7. The Morgan fingerprint density at radius 3 is 2.10 bits per heavy atom. The van der Waals surface area contributed by atoms with Crippen LogP contribution in [0, 0.1) is 0 Å². The van der Waals surface area contributed by atoms with Crippen LogP contribution in [0.25, 0.3) is 0 Å². The molecule has 7 heteroatoms. The minimum absolute atomic E-state index is 0.0299. The van der Waals surface area contributed by atoms with Crippen LogP contribution in [-0.2, 0) is 9.47 Å². The Bertz CT molecular complexity index is 769. The summed E-state index contributed by atoms with van der Waals surface area (Å²) in [5, 5.41) is 0. The van der Waals surface area contributed by atoms with Crippen molar-refractivity contribution in [2.75, 3.05) is 58.9 Å². The number of carbonyl (C=O) groups is 1. The molecule has 2 saturated heterocycles. The van der Waals surface area contributed by atoms with Crippen molar-refractivity contribution in [1.82, 2.24) is 9.80 Å². The molecule has 156 valence electrons. The summed E-state index contributed by atoms with van der Waals surface area (Å²) < 4.78 is 16.7. The van der Waals surface area contributed by atoms with Gasteiger partial charge < -0.3 is 13.9 Å². The number of nitrogens with zero attached hydrogens (tertiary/aromatic N) is 2. The molecule has 1 aromatic heterocycles. The molecule has 0 spiro atoms. The van der Waals surface area contributed by atoms with Crippen molar-refractivity contribution >= 4 is 17.5 Å². The number of hydrogen-bond donors (Lipinski definition) is 0. The Kier molecular flexibility index (Phi) is 7.05. The summed E-state index contributed by atoms with van der Waals surface area (Å²) in [7, 11) is 0. The maximum Gasteiger partial charge on any atom is 0.216 e. The third kappa shape index (κ3) is 4.75. The quantitative estimate of drug-likeness (QED) is 0.508. The first-order valence-corrected chi connectivity index (χ1v) is 11.4. The van der Waals surface area contributed by atoms with Gasteiger partial charge in [0.15, 0.2) is 5.76 Å². The number of rotatable bonds is 7. The number of thioether (sulfide) groups is 1. The van der Waals surface area contributed by atoms with Crippen molar-refractivity contribution in [3.8, 4) is 0 Å². The number of carbonyl (C=O) groups excluding carboxylic acids is 1. The number of Topliss-reactive ketones (excluding diaryl/α,β-unsaturated/α-hetero) is 1. The van der Waals surface area contributed by atoms with Crippen LogP contribution in [0.1, 0.15) is 22.2 Å². The first-order chi connectivity index (χ1) is 14.3. The molecule has 0 N–H and O–H groups in total. The fourth-order valence-electron chi connectivity index (χ4n) is 4.18. The minimum atomic E-state index is -0.330. The molecule has 0 saturated carbocycles. The zero-order valence-electron chi connectivity index (χ0n) is 16.8. The highest BCUT2D eigenvalue weighted by Crippen LogP contribution is 2.32. The van der Waals surface area contributed by atoms with Crippen molar-refractivity contribution in [3.63, 3.8) is 0 Å². The van der Waals surface area contributed by atoms with Crippen LogP contribution in [0.15, 0.2) is 52.0 Å². The summed E-state index contributed by atoms with van der Waals surface area (Å²) in [6.45, 7) is 5.74. The van der Waals surface area contributed by atoms with Gasteiger partial charge in [0.1, 0.15) is 0 Å². The predicted octanol–water partition coefficient (Wildman–Crippen LogP) is 2.96. The van der Waals surface area contributed by atoms with Crippen LogP contribution in [-0.4, -0.2) is 80.5 Å². The highest BCUT2D eigenvalue weighted by Gasteiger charge is 2.40. The lowest BCUT2D eigenvalue weighted by Gasteiger charge is -2.44. The molecule has 2 aromatic rings. The molecule has 0 aliphatic carbocycles. The number of morpholine rings is 2. The molecule has 2 atom stereocenters. The van der Waals surface area contributed by atoms with E-state index in [0.29, 0.717) is 32.2 Å². The van der Waals surface area contributed by atoms with Crippen LogP contribution < -0.4 is 0 Å². The van der Waals surface area contributed by atoms with Crippen LogP contribution in [0.3, 0.4) is 0 Å². The summed E-state index contributed by atoms with van der Waals surface area (Å²) >= 11 is 1.72. The second-order valence-corrected chi connectivity index (χ2v) is 8.18. The maximum absolute atomic E-state index is 13.6. The van der Waals surface area contributed by atoms with Gasteiger partial charge in [0, 0.05) is 31.1 Å². The van der Waals surface area contributed by atoms with Gasteiger partial charge >= 0.3 is 0 Å². The highest BCUT2D eigenvalue weighted by atomic mass is 32.2. The predicted molar refractivity (Wildman–Crippen MR) is 113 cm³/mol. The summed E-state index contributed by atoms with van der Waals surface area (Å²) in [5.74, 6) is 0.447. The third-order valence-electron chi connectivity index (χ3n) is 5.67. The smallest absolute Gasteiger partial charge is 0.216 e. The SMILES string of the molecule is CSc1ccc([C@@H]([C@H](C(=O)c2ccco2)N2CCOCC2)N2CCOCC2)cc1. The Hall–Kier alpha value is -1.64. The molecule has 3 heterocycles. The van der Waals surface area contributed by atoms with Crippen LogP contribution in [0.2, 0.25) is 0 Å². The molecule has 1 aromatic carbocycles. The Morgan fingerprint density at radius 1 is 0.931 bits per heavy atom. The van der Waals surface area contributed by atoms with E-state index >= 15 is 0 Å². The van der Waals surface area contributed by atoms with E-state index in [1.165, 1.54) is 4.90 Å². The summed E-state index contributed by atoms with van der Waals surface area (Å²) in [6, 6.07) is 11.8. The van der Waals surface area contributed by atoms with Crippen molar-refractivity contribution in [1.29, 1.82) is 0 Å². The second kappa shape index (κ2) is 9.91. The molecule has 29 heavy (non-hydrogen) atoms. The number of furan rings is 1. The van der Waals surface area contributed by atoms with Gasteiger partial charge in [-0.1, -0.05) is 12.1 Å². The first kappa shape index (κ1) is 20.6. The van der Waals surface area contributed by atoms with Crippen molar-refractivity contribution in [2.24, 2.45) is 0 Å². The highest BCUT2D eigenvalue weighted by molar-refractivity contribution is 7.98. The van der Waals surface area contributed by atoms with Crippen LogP contribution in [0.4, 0.5) is 0 Å². The van der Waals surface area contributed by atoms with Gasteiger partial charge in [-0.15, -0.1) is 11.8 Å². The Labute approximate surface area is 176 Å². The lowest BCUT2D eigenvalue weighted by molar-refractivity contribution is -0.0307. The monoisotopic (exact) mass is 416 g/mol. The van der Waals surface area contributed by atoms with Crippen LogP contribution in [0.5, 0.6) is 0 Å². The molecule has 6 nitrogen and oxygen atoms in total. The number of benzene rings is 1.